The molecular weight excluding hydrogens is 1260 g/mol. The Kier molecular flexibility index (Phi) is 19.5. The smallest absolute Gasteiger partial charge is 0.344 e. The molecule has 2 aliphatic carbocycles. The van der Waals surface area contributed by atoms with E-state index in [0.29, 0.717) is 162 Å². The number of amides is 5. The van der Waals surface area contributed by atoms with E-state index in [0.717, 1.165) is 27.6 Å². The Bertz CT molecular complexity index is 3920. The molecule has 2 saturated heterocycles. The summed E-state index contributed by atoms with van der Waals surface area (Å²) in [6, 6.07) is 17.5. The Balaban J connectivity index is 0.856. The molecule has 4 fully saturated rings. The number of benzene rings is 3. The number of aliphatic hydroxyl groups is 2. The van der Waals surface area contributed by atoms with Crippen LogP contribution in [0.5, 0.6) is 5.75 Å². The van der Waals surface area contributed by atoms with Crippen LogP contribution < -0.4 is 26.0 Å². The van der Waals surface area contributed by atoms with Crippen LogP contribution in [0, 0.1) is 22.7 Å². The highest BCUT2D eigenvalue weighted by atomic mass is 16.6. The fraction of sp³-hybridized carbons (Fsp3) is 0.566. The predicted octanol–water partition coefficient (Wildman–Crippen LogP) is 7.28. The number of esters is 3. The lowest BCUT2D eigenvalue weighted by atomic mass is 9.47. The molecule has 23 heteroatoms. The number of methoxy groups -OCH3 is 3. The molecule has 23 nitrogen and oxygen atoms in total. The number of H-pyrrole nitrogens is 1. The van der Waals surface area contributed by atoms with Crippen LogP contribution >= 0.6 is 0 Å². The Hall–Kier alpha value is -8.25. The molecule has 8 aliphatic rings. The largest absolute Gasteiger partial charge is 0.496 e. The maximum atomic E-state index is 16.1. The number of aromatic nitrogens is 1. The monoisotopic (exact) mass is 1360 g/mol. The number of para-hydroxylation sites is 1. The van der Waals surface area contributed by atoms with Gasteiger partial charge in [-0.2, -0.15) is 0 Å². The first-order valence-corrected chi connectivity index (χ1v) is 35.5. The summed E-state index contributed by atoms with van der Waals surface area (Å²) in [6.07, 6.45) is 12.3. The molecule has 7 N–H and O–H groups in total. The summed E-state index contributed by atoms with van der Waals surface area (Å²) in [6.45, 7) is 8.95. The van der Waals surface area contributed by atoms with Gasteiger partial charge in [-0.15, -0.1) is 0 Å². The van der Waals surface area contributed by atoms with E-state index in [1.165, 1.54) is 38.2 Å². The molecule has 12 rings (SSSR count). The van der Waals surface area contributed by atoms with Gasteiger partial charge in [0.25, 0.3) is 11.8 Å². The van der Waals surface area contributed by atoms with Crippen molar-refractivity contribution < 1.29 is 76.8 Å². The highest BCUT2D eigenvalue weighted by Gasteiger charge is 2.80. The number of unbranched alkanes of at least 4 members (excludes halogenated alkanes) is 3. The number of carbonyl (C=O) groups is 9. The zero-order valence-corrected chi connectivity index (χ0v) is 58.2. The van der Waals surface area contributed by atoms with Gasteiger partial charge in [0.05, 0.1) is 45.9 Å². The van der Waals surface area contributed by atoms with Gasteiger partial charge in [-0.05, 0) is 113 Å². The number of primary amides is 1. The summed E-state index contributed by atoms with van der Waals surface area (Å²) in [4.78, 5) is 132. The molecule has 5 amide bonds. The number of quaternary nitrogens is 1. The number of hydrogen-bond acceptors (Lipinski definition) is 17. The summed E-state index contributed by atoms with van der Waals surface area (Å²) in [5.41, 5.74) is 2.72. The number of anilines is 2. The number of piperidine rings is 1. The lowest BCUT2D eigenvalue weighted by Gasteiger charge is -2.63. The minimum atomic E-state index is -2.40. The van der Waals surface area contributed by atoms with Gasteiger partial charge in [0.1, 0.15) is 41.4 Å². The summed E-state index contributed by atoms with van der Waals surface area (Å²) in [5, 5.41) is 33.3. The van der Waals surface area contributed by atoms with E-state index in [9.17, 15) is 48.6 Å². The SMILES string of the molecule is CC[C@]1(O)C[C@@H]2C[C@](C(=O)OC)(c3cc4c(cc3OC)N(C)[C@H]3[C@@](O)(C(=O)OC)[C@H](OC(C)=O)[C@]5(CC)C=CCN6CC[C@]43[C@@H]65)c3[nH]c4ccccc4c3CC[N+](Cc3ccc(NC(=O)[C@H](CCCNC(N)=O)CC(=O)C4(C(=O)CCCCCCN5C(=O)C=CC5=O)CCC4)cc3)(C2)C1. The van der Waals surface area contributed by atoms with E-state index in [-0.39, 0.29) is 61.5 Å². The number of imide groups is 1. The number of aromatic amines is 1. The third-order valence-electron chi connectivity index (χ3n) is 24.3. The van der Waals surface area contributed by atoms with Gasteiger partial charge in [0.2, 0.25) is 11.5 Å². The van der Waals surface area contributed by atoms with E-state index in [2.05, 4.69) is 32.7 Å². The number of carbonyl (C=O) groups excluding carboxylic acids is 9. The molecule has 4 aromatic rings. The number of nitrogens with one attached hydrogen (secondary N) is 3. The number of ether oxygens (including phenoxy) is 4. The number of nitrogens with two attached hydrogens (primary N) is 1. The first kappa shape index (κ1) is 70.6. The third kappa shape index (κ3) is 11.9. The van der Waals surface area contributed by atoms with Gasteiger partial charge in [0, 0.05) is 139 Å². The number of nitrogens with zero attached hydrogens (tertiary/aromatic N) is 4. The Morgan fingerprint density at radius 3 is 2.23 bits per heavy atom. The van der Waals surface area contributed by atoms with Crippen molar-refractivity contribution in [3.8, 4) is 5.75 Å². The number of urea groups is 1. The molecule has 99 heavy (non-hydrogen) atoms. The van der Waals surface area contributed by atoms with Crippen molar-refractivity contribution in [3.63, 3.8) is 0 Å². The Labute approximate surface area is 578 Å². The lowest BCUT2D eigenvalue weighted by Crippen LogP contribution is -2.81. The average molecular weight is 1360 g/mol. The van der Waals surface area contributed by atoms with E-state index >= 15 is 4.79 Å². The molecule has 11 atom stereocenters. The van der Waals surface area contributed by atoms with Crippen molar-refractivity contribution in [2.75, 3.05) is 84.4 Å². The van der Waals surface area contributed by atoms with E-state index in [1.807, 2.05) is 86.5 Å². The van der Waals surface area contributed by atoms with Crippen molar-refractivity contribution in [2.24, 2.45) is 28.4 Å². The third-order valence-corrected chi connectivity index (χ3v) is 24.3. The van der Waals surface area contributed by atoms with Crippen molar-refractivity contribution in [1.29, 1.82) is 0 Å². The molecule has 1 aromatic heterocycles. The normalized spacial score (nSPS) is 29.6. The second kappa shape index (κ2) is 27.4. The molecule has 3 aromatic carbocycles. The maximum Gasteiger partial charge on any atom is 0.344 e. The number of ketones is 2. The van der Waals surface area contributed by atoms with Gasteiger partial charge < -0.3 is 59.9 Å². The highest BCUT2D eigenvalue weighted by Crippen LogP contribution is 2.68. The van der Waals surface area contributed by atoms with E-state index in [1.54, 1.807) is 7.11 Å². The molecule has 6 aliphatic heterocycles. The average Bonchev–Trinajstić information content (AvgIpc) is 1.50. The topological polar surface area (TPSA) is 307 Å². The molecular formula is C76H97N8O15+. The van der Waals surface area contributed by atoms with Crippen molar-refractivity contribution in [1.82, 2.24) is 20.1 Å². The van der Waals surface area contributed by atoms with Crippen LogP contribution in [-0.2, 0) is 76.4 Å². The molecule has 530 valence electrons. The Morgan fingerprint density at radius 2 is 1.57 bits per heavy atom. The van der Waals surface area contributed by atoms with Gasteiger partial charge >= 0.3 is 23.9 Å². The van der Waals surface area contributed by atoms with Crippen LogP contribution in [0.4, 0.5) is 16.2 Å². The van der Waals surface area contributed by atoms with E-state index in [4.69, 9.17) is 24.7 Å². The minimum absolute atomic E-state index is 0.130. The summed E-state index contributed by atoms with van der Waals surface area (Å²) in [7, 11) is 6.04. The lowest BCUT2D eigenvalue weighted by molar-refractivity contribution is -0.954. The number of Topliss-reactive ketones (excluding diaryl/α,β-unsaturated/α-hetero) is 2. The molecule has 2 bridgehead atoms. The van der Waals surface area contributed by atoms with Gasteiger partial charge in [-0.25, -0.2) is 9.59 Å². The maximum absolute atomic E-state index is 16.1. The standard InChI is InChI=1S/C76H96N8O15/c1-8-71(94)42-49-43-75(68(91)97-6,55-40-54-57(41-58(55)96-5)81(4)66-74(54)33-37-82-35-18-32-72(9-2,65(74)82)67(99-47(3)85)76(66,95)69(92)98-7)63-53(52-20-13-14-21-56(52)80-63)29-38-84(45-49,46-71)44-48-23-25-51(26-24-48)79-64(90)50(19-16-34-78-70(77)93)39-60(87)73(30-17-31-73)59(86)22-12-10-11-15-36-83-61(88)27-28-62(83)89/h13-14,18,20-21,23-28,32,40-41,49-50,65-67,80,94-95H,8-12,15-17,19,22,29-31,33-39,42-46H2,1-7H3,(H3-,77,78,79,90,93)/p+1/t49-,50-,65+,66-,67-,71+,72-,74-,75+,76+,84?/m1/s1. The fourth-order valence-corrected chi connectivity index (χ4v) is 19.8. The number of likely N-dealkylation sites (N-methyl/N-ethyl adjacent to an activating group) is 1. The van der Waals surface area contributed by atoms with Crippen LogP contribution in [-0.4, -0.2) is 186 Å². The number of hydrogen-bond donors (Lipinski definition) is 6. The molecule has 2 saturated carbocycles. The quantitative estimate of drug-likeness (QED) is 0.00684. The molecule has 7 heterocycles. The molecule has 0 radical (unpaired) electrons. The summed E-state index contributed by atoms with van der Waals surface area (Å²) >= 11 is 0. The van der Waals surface area contributed by atoms with Crippen molar-refractivity contribution in [3.05, 3.63) is 113 Å². The van der Waals surface area contributed by atoms with Gasteiger partial charge in [-0.3, -0.25) is 43.4 Å². The van der Waals surface area contributed by atoms with Crippen molar-refractivity contribution >= 4 is 75.5 Å². The highest BCUT2D eigenvalue weighted by molar-refractivity contribution is 6.13. The number of rotatable bonds is 26. The molecule has 1 unspecified atom stereocenters. The summed E-state index contributed by atoms with van der Waals surface area (Å²) in [5.74, 6) is -4.34. The van der Waals surface area contributed by atoms with Crippen LogP contribution in [0.2, 0.25) is 0 Å². The zero-order chi connectivity index (χ0) is 70.6. The van der Waals surface area contributed by atoms with Gasteiger partial charge in [0.15, 0.2) is 6.10 Å². The van der Waals surface area contributed by atoms with E-state index < -0.39 is 86.8 Å². The fourth-order valence-electron chi connectivity index (χ4n) is 19.8. The first-order valence-electron chi connectivity index (χ1n) is 35.5. The van der Waals surface area contributed by atoms with Crippen molar-refractivity contribution in [2.45, 2.75) is 177 Å². The predicted molar refractivity (Wildman–Crippen MR) is 368 cm³/mol. The zero-order valence-electron chi connectivity index (χ0n) is 58.2. The second-order valence-electron chi connectivity index (χ2n) is 29.7. The summed E-state index contributed by atoms with van der Waals surface area (Å²) < 4.78 is 25.0. The second-order valence-corrected chi connectivity index (χ2v) is 29.7. The Morgan fingerprint density at radius 1 is 0.838 bits per heavy atom. The number of fused-ring (bicyclic) bond motifs is 6. The van der Waals surface area contributed by atoms with Crippen LogP contribution in [0.1, 0.15) is 151 Å². The van der Waals surface area contributed by atoms with Crippen LogP contribution in [0.15, 0.2) is 85.0 Å². The minimum Gasteiger partial charge on any atom is -0.496 e. The molecule has 1 spiro atoms. The van der Waals surface area contributed by atoms with Gasteiger partial charge in [-0.1, -0.05) is 75.6 Å². The first-order chi connectivity index (χ1) is 47.4. The van der Waals surface area contributed by atoms with Crippen LogP contribution in [0.25, 0.3) is 10.9 Å². The van der Waals surface area contributed by atoms with Crippen LogP contribution in [0.3, 0.4) is 0 Å².